The summed E-state index contributed by atoms with van der Waals surface area (Å²) in [6, 6.07) is 10.3. The maximum atomic E-state index is 12.1. The Morgan fingerprint density at radius 3 is 2.11 bits per heavy atom. The van der Waals surface area contributed by atoms with Crippen molar-refractivity contribution in [1.29, 1.82) is 0 Å². The first-order valence-electron chi connectivity index (χ1n) is 8.75. The maximum absolute atomic E-state index is 12.1. The highest BCUT2D eigenvalue weighted by Crippen LogP contribution is 2.21. The number of carbonyl (C=O) groups is 3. The predicted molar refractivity (Wildman–Crippen MR) is 106 cm³/mol. The molecule has 2 rings (SSSR count). The van der Waals surface area contributed by atoms with Crippen molar-refractivity contribution in [3.05, 3.63) is 58.7 Å². The van der Waals surface area contributed by atoms with Gasteiger partial charge in [-0.15, -0.1) is 0 Å². The standard InChI is InChI=1S/C21H24N2O5/c1-13-9-14(2)20(15(3)10-13)23-18(24)11-22-19(25)12-28-21(26)16-5-7-17(27-4)8-6-16/h5-10H,11-12H2,1-4H3,(H,22,25)(H,23,24). The van der Waals surface area contributed by atoms with Crippen molar-refractivity contribution in [3.63, 3.8) is 0 Å². The average molecular weight is 384 g/mol. The van der Waals surface area contributed by atoms with Gasteiger partial charge in [-0.3, -0.25) is 9.59 Å². The van der Waals surface area contributed by atoms with Gasteiger partial charge >= 0.3 is 5.97 Å². The monoisotopic (exact) mass is 384 g/mol. The molecule has 2 amide bonds. The van der Waals surface area contributed by atoms with Crippen molar-refractivity contribution >= 4 is 23.5 Å². The number of rotatable bonds is 7. The molecule has 0 bridgehead atoms. The number of ether oxygens (including phenoxy) is 2. The lowest BCUT2D eigenvalue weighted by Crippen LogP contribution is -2.35. The molecule has 2 aromatic rings. The zero-order chi connectivity index (χ0) is 20.7. The lowest BCUT2D eigenvalue weighted by atomic mass is 10.1. The molecule has 0 unspecified atom stereocenters. The summed E-state index contributed by atoms with van der Waals surface area (Å²) >= 11 is 0. The second-order valence-corrected chi connectivity index (χ2v) is 6.40. The van der Waals surface area contributed by atoms with Gasteiger partial charge in [-0.1, -0.05) is 17.7 Å². The van der Waals surface area contributed by atoms with Gasteiger partial charge in [0.25, 0.3) is 5.91 Å². The summed E-state index contributed by atoms with van der Waals surface area (Å²) < 4.78 is 9.95. The third-order valence-electron chi connectivity index (χ3n) is 4.05. The van der Waals surface area contributed by atoms with E-state index >= 15 is 0 Å². The molecule has 0 radical (unpaired) electrons. The molecule has 0 atom stereocenters. The lowest BCUT2D eigenvalue weighted by Gasteiger charge is -2.13. The summed E-state index contributed by atoms with van der Waals surface area (Å²) in [5.74, 6) is -0.938. The SMILES string of the molecule is COc1ccc(C(=O)OCC(=O)NCC(=O)Nc2c(C)cc(C)cc2C)cc1. The maximum Gasteiger partial charge on any atom is 0.338 e. The quantitative estimate of drug-likeness (QED) is 0.716. The molecule has 0 fully saturated rings. The van der Waals surface area contributed by atoms with Gasteiger partial charge in [0, 0.05) is 5.69 Å². The van der Waals surface area contributed by atoms with Crippen LogP contribution < -0.4 is 15.4 Å². The van der Waals surface area contributed by atoms with Gasteiger partial charge in [0.15, 0.2) is 6.61 Å². The van der Waals surface area contributed by atoms with E-state index in [9.17, 15) is 14.4 Å². The fourth-order valence-corrected chi connectivity index (χ4v) is 2.73. The number of carbonyl (C=O) groups excluding carboxylic acids is 3. The van der Waals surface area contributed by atoms with Gasteiger partial charge in [-0.25, -0.2) is 4.79 Å². The Hall–Kier alpha value is -3.35. The first-order chi connectivity index (χ1) is 13.3. The highest BCUT2D eigenvalue weighted by Gasteiger charge is 2.12. The number of nitrogens with one attached hydrogen (secondary N) is 2. The summed E-state index contributed by atoms with van der Waals surface area (Å²) in [5.41, 5.74) is 4.05. The number of hydrogen-bond acceptors (Lipinski definition) is 5. The smallest absolute Gasteiger partial charge is 0.338 e. The van der Waals surface area contributed by atoms with Crippen LogP contribution in [-0.4, -0.2) is 38.0 Å². The van der Waals surface area contributed by atoms with Crippen LogP contribution in [0.3, 0.4) is 0 Å². The molecule has 0 spiro atoms. The van der Waals surface area contributed by atoms with Gasteiger partial charge < -0.3 is 20.1 Å². The molecule has 2 aromatic carbocycles. The number of aryl methyl sites for hydroxylation is 3. The number of anilines is 1. The Kier molecular flexibility index (Phi) is 7.14. The zero-order valence-electron chi connectivity index (χ0n) is 16.4. The average Bonchev–Trinajstić information content (AvgIpc) is 2.67. The van der Waals surface area contributed by atoms with E-state index in [-0.39, 0.29) is 12.5 Å². The van der Waals surface area contributed by atoms with Crippen molar-refractivity contribution in [2.24, 2.45) is 0 Å². The number of benzene rings is 2. The van der Waals surface area contributed by atoms with E-state index < -0.39 is 18.5 Å². The topological polar surface area (TPSA) is 93.7 Å². The third-order valence-corrected chi connectivity index (χ3v) is 4.05. The summed E-state index contributed by atoms with van der Waals surface area (Å²) in [6.45, 7) is 5.12. The molecule has 0 aliphatic heterocycles. The van der Waals surface area contributed by atoms with Crippen molar-refractivity contribution in [2.75, 3.05) is 25.6 Å². The van der Waals surface area contributed by atoms with Crippen LogP contribution in [0.2, 0.25) is 0 Å². The molecule has 148 valence electrons. The predicted octanol–water partition coefficient (Wildman–Crippen LogP) is 2.53. The number of hydrogen-bond donors (Lipinski definition) is 2. The fourth-order valence-electron chi connectivity index (χ4n) is 2.73. The van der Waals surface area contributed by atoms with E-state index in [1.807, 2.05) is 32.9 Å². The molecule has 0 saturated carbocycles. The van der Waals surface area contributed by atoms with Crippen molar-refractivity contribution in [3.8, 4) is 5.75 Å². The van der Waals surface area contributed by atoms with Gasteiger partial charge in [0.1, 0.15) is 5.75 Å². The van der Waals surface area contributed by atoms with Crippen molar-refractivity contribution in [1.82, 2.24) is 5.32 Å². The highest BCUT2D eigenvalue weighted by atomic mass is 16.5. The Labute approximate surface area is 164 Å². The van der Waals surface area contributed by atoms with Crippen LogP contribution in [0.1, 0.15) is 27.0 Å². The molecule has 7 heteroatoms. The summed E-state index contributed by atoms with van der Waals surface area (Å²) in [4.78, 5) is 35.8. The molecular formula is C21H24N2O5. The largest absolute Gasteiger partial charge is 0.497 e. The van der Waals surface area contributed by atoms with Crippen LogP contribution in [0.15, 0.2) is 36.4 Å². The second-order valence-electron chi connectivity index (χ2n) is 6.40. The first-order valence-corrected chi connectivity index (χ1v) is 8.75. The number of esters is 1. The molecule has 0 aliphatic rings. The van der Waals surface area contributed by atoms with Crippen LogP contribution in [0.5, 0.6) is 5.75 Å². The first kappa shape index (κ1) is 21.0. The van der Waals surface area contributed by atoms with Crippen LogP contribution >= 0.6 is 0 Å². The Morgan fingerprint density at radius 1 is 0.929 bits per heavy atom. The van der Waals surface area contributed by atoms with Crippen LogP contribution in [-0.2, 0) is 14.3 Å². The van der Waals surface area contributed by atoms with Gasteiger partial charge in [0.05, 0.1) is 19.2 Å². The van der Waals surface area contributed by atoms with E-state index in [1.165, 1.54) is 7.11 Å². The normalized spacial score (nSPS) is 10.1. The third kappa shape index (κ3) is 5.84. The van der Waals surface area contributed by atoms with Crippen molar-refractivity contribution < 1.29 is 23.9 Å². The van der Waals surface area contributed by atoms with Gasteiger partial charge in [0.2, 0.25) is 5.91 Å². The molecule has 0 heterocycles. The highest BCUT2D eigenvalue weighted by molar-refractivity contribution is 5.96. The number of amides is 2. The lowest BCUT2D eigenvalue weighted by molar-refractivity contribution is -0.126. The minimum absolute atomic E-state index is 0.217. The Bertz CT molecular complexity index is 852. The molecule has 0 aliphatic carbocycles. The van der Waals surface area contributed by atoms with Gasteiger partial charge in [-0.05, 0) is 56.2 Å². The summed E-state index contributed by atoms with van der Waals surface area (Å²) in [7, 11) is 1.52. The Morgan fingerprint density at radius 2 is 1.54 bits per heavy atom. The summed E-state index contributed by atoms with van der Waals surface area (Å²) in [6.07, 6.45) is 0. The molecule has 28 heavy (non-hydrogen) atoms. The van der Waals surface area contributed by atoms with E-state index in [0.717, 1.165) is 22.4 Å². The molecule has 2 N–H and O–H groups in total. The van der Waals surface area contributed by atoms with Crippen LogP contribution in [0.25, 0.3) is 0 Å². The summed E-state index contributed by atoms with van der Waals surface area (Å²) in [5, 5.41) is 5.22. The number of methoxy groups -OCH3 is 1. The molecule has 0 saturated heterocycles. The van der Waals surface area contributed by atoms with Crippen molar-refractivity contribution in [2.45, 2.75) is 20.8 Å². The van der Waals surface area contributed by atoms with Gasteiger partial charge in [-0.2, -0.15) is 0 Å². The van der Waals surface area contributed by atoms with Crippen LogP contribution in [0.4, 0.5) is 5.69 Å². The minimum atomic E-state index is -0.631. The molecule has 7 nitrogen and oxygen atoms in total. The molecular weight excluding hydrogens is 360 g/mol. The van der Waals surface area contributed by atoms with E-state index in [1.54, 1.807) is 24.3 Å². The van der Waals surface area contributed by atoms with E-state index in [2.05, 4.69) is 10.6 Å². The van der Waals surface area contributed by atoms with Crippen LogP contribution in [0, 0.1) is 20.8 Å². The fraction of sp³-hybridized carbons (Fsp3) is 0.286. The van der Waals surface area contributed by atoms with E-state index in [4.69, 9.17) is 9.47 Å². The molecule has 0 aromatic heterocycles. The minimum Gasteiger partial charge on any atom is -0.497 e. The Balaban J connectivity index is 1.78. The van der Waals surface area contributed by atoms with E-state index in [0.29, 0.717) is 11.3 Å². The zero-order valence-corrected chi connectivity index (χ0v) is 16.4. The second kappa shape index (κ2) is 9.55.